The van der Waals surface area contributed by atoms with Gasteiger partial charge in [-0.1, -0.05) is 121 Å². The first-order valence-electron chi connectivity index (χ1n) is 13.0. The Labute approximate surface area is 223 Å². The molecule has 0 saturated carbocycles. The van der Waals surface area contributed by atoms with Gasteiger partial charge >= 0.3 is 0 Å². The molecule has 0 spiro atoms. The number of rotatable bonds is 3. The molecule has 0 unspecified atom stereocenters. The summed E-state index contributed by atoms with van der Waals surface area (Å²) in [6.07, 6.45) is 0. The minimum Gasteiger partial charge on any atom is -0.315 e. The molecule has 38 heavy (non-hydrogen) atoms. The fraction of sp³-hybridized carbons (Fsp3) is 0.0556. The van der Waals surface area contributed by atoms with Gasteiger partial charge in [0.2, 0.25) is 0 Å². The molecular formula is C36H28NP. The molecule has 2 heteroatoms. The van der Waals surface area contributed by atoms with Crippen molar-refractivity contribution in [3.05, 3.63) is 127 Å². The van der Waals surface area contributed by atoms with Crippen LogP contribution in [0, 0.1) is 5.16 Å². The van der Waals surface area contributed by atoms with Gasteiger partial charge in [-0.3, -0.25) is 0 Å². The predicted molar refractivity (Wildman–Crippen MR) is 168 cm³/mol. The predicted octanol–water partition coefficient (Wildman–Crippen LogP) is 10.3. The summed E-state index contributed by atoms with van der Waals surface area (Å²) < 4.78 is 0. The summed E-state index contributed by atoms with van der Waals surface area (Å²) in [5.41, 5.74) is 5.02. The first-order chi connectivity index (χ1) is 18.5. The van der Waals surface area contributed by atoms with Gasteiger partial charge in [0.1, 0.15) is 0 Å². The van der Waals surface area contributed by atoms with Gasteiger partial charge in [-0.25, -0.2) is 0 Å². The largest absolute Gasteiger partial charge is 0.315 e. The molecule has 0 aliphatic heterocycles. The second-order valence-corrected chi connectivity index (χ2v) is 14.0. The molecule has 0 aliphatic carbocycles. The number of hydrogen-bond donors (Lipinski definition) is 1. The van der Waals surface area contributed by atoms with Crippen LogP contribution in [0.1, 0.15) is 0 Å². The second kappa shape index (κ2) is 8.69. The summed E-state index contributed by atoms with van der Waals surface area (Å²) in [6.45, 7) is 4.10. The molecule has 0 heterocycles. The molecule has 0 radical (unpaired) electrons. The van der Waals surface area contributed by atoms with Gasteiger partial charge < -0.3 is 5.16 Å². The first-order valence-corrected chi connectivity index (χ1v) is 15.7. The van der Waals surface area contributed by atoms with Crippen LogP contribution in [0.4, 0.5) is 0 Å². The lowest BCUT2D eigenvalue weighted by Gasteiger charge is -2.20. The Morgan fingerprint density at radius 3 is 1.45 bits per heavy atom. The molecule has 182 valence electrons. The molecule has 1 N–H and O–H groups in total. The Morgan fingerprint density at radius 1 is 0.447 bits per heavy atom. The van der Waals surface area contributed by atoms with E-state index < -0.39 is 7.05 Å². The van der Waals surface area contributed by atoms with Crippen LogP contribution < -0.4 is 5.30 Å². The standard InChI is InChI=1S/C36H28NP/c1-38(2,37)26-21-19-24(20-22-26)35-30-15-7-9-17-32(30)36(33-18-10-8-16-31(33)35)34-23-25-11-3-4-12-27(25)28-13-5-6-14-29(28)34/h3-23,37H,1-2H3. The van der Waals surface area contributed by atoms with Crippen LogP contribution >= 0.6 is 7.05 Å². The lowest BCUT2D eigenvalue weighted by molar-refractivity contribution is 1.58. The minimum absolute atomic E-state index is 1.13. The van der Waals surface area contributed by atoms with E-state index in [9.17, 15) is 0 Å². The Kier molecular flexibility index (Phi) is 5.25. The molecule has 0 bridgehead atoms. The molecule has 0 aliphatic rings. The Hall–Kier alpha value is -4.19. The van der Waals surface area contributed by atoms with Crippen molar-refractivity contribution in [2.45, 2.75) is 0 Å². The van der Waals surface area contributed by atoms with E-state index in [1.165, 1.54) is 65.3 Å². The summed E-state index contributed by atoms with van der Waals surface area (Å²) in [4.78, 5) is 0. The maximum atomic E-state index is 8.57. The topological polar surface area (TPSA) is 23.9 Å². The van der Waals surface area contributed by atoms with Gasteiger partial charge in [-0.15, -0.1) is 0 Å². The van der Waals surface area contributed by atoms with Crippen molar-refractivity contribution in [1.82, 2.24) is 0 Å². The number of hydrogen-bond acceptors (Lipinski definition) is 1. The van der Waals surface area contributed by atoms with Crippen LogP contribution in [-0.4, -0.2) is 13.3 Å². The zero-order valence-electron chi connectivity index (χ0n) is 21.6. The van der Waals surface area contributed by atoms with Crippen molar-refractivity contribution in [2.24, 2.45) is 0 Å². The third-order valence-electron chi connectivity index (χ3n) is 7.77. The normalized spacial score (nSPS) is 12.1. The summed E-state index contributed by atoms with van der Waals surface area (Å²) in [7, 11) is -1.82. The molecule has 0 fully saturated rings. The highest BCUT2D eigenvalue weighted by atomic mass is 31.2. The molecule has 0 aromatic heterocycles. The summed E-state index contributed by atoms with van der Waals surface area (Å²) >= 11 is 0. The molecule has 7 rings (SSSR count). The van der Waals surface area contributed by atoms with E-state index in [1.807, 2.05) is 0 Å². The van der Waals surface area contributed by atoms with Crippen molar-refractivity contribution in [3.63, 3.8) is 0 Å². The number of benzene rings is 7. The molecule has 0 saturated heterocycles. The van der Waals surface area contributed by atoms with Gasteiger partial charge in [0.25, 0.3) is 0 Å². The third kappa shape index (κ3) is 3.58. The molecule has 0 atom stereocenters. The minimum atomic E-state index is -1.82. The van der Waals surface area contributed by atoms with Gasteiger partial charge in [0.15, 0.2) is 0 Å². The fourth-order valence-electron chi connectivity index (χ4n) is 5.99. The van der Waals surface area contributed by atoms with Crippen molar-refractivity contribution in [2.75, 3.05) is 13.3 Å². The highest BCUT2D eigenvalue weighted by molar-refractivity contribution is 7.71. The first kappa shape index (κ1) is 23.0. The molecular weight excluding hydrogens is 477 g/mol. The SMILES string of the molecule is CP(C)(=N)c1ccc(-c2c3ccccc3c(-c3cc4ccccc4c4ccccc34)c3ccccc23)cc1. The van der Waals surface area contributed by atoms with Gasteiger partial charge in [-0.05, 0) is 97.1 Å². The lowest BCUT2D eigenvalue weighted by Crippen LogP contribution is -2.01. The monoisotopic (exact) mass is 505 g/mol. The van der Waals surface area contributed by atoms with Crippen LogP contribution in [-0.2, 0) is 0 Å². The quantitative estimate of drug-likeness (QED) is 0.140. The van der Waals surface area contributed by atoms with E-state index in [4.69, 9.17) is 5.16 Å². The van der Waals surface area contributed by atoms with Crippen molar-refractivity contribution < 1.29 is 0 Å². The highest BCUT2D eigenvalue weighted by Gasteiger charge is 2.19. The van der Waals surface area contributed by atoms with E-state index >= 15 is 0 Å². The Balaban J connectivity index is 1.63. The van der Waals surface area contributed by atoms with E-state index in [0.29, 0.717) is 0 Å². The van der Waals surface area contributed by atoms with E-state index in [0.717, 1.165) is 5.30 Å². The smallest absolute Gasteiger partial charge is 0.00199 e. The molecule has 7 aromatic rings. The molecule has 0 amide bonds. The van der Waals surface area contributed by atoms with E-state index in [-0.39, 0.29) is 0 Å². The average Bonchev–Trinajstić information content (AvgIpc) is 2.95. The van der Waals surface area contributed by atoms with Crippen LogP contribution in [0.15, 0.2) is 127 Å². The van der Waals surface area contributed by atoms with Crippen molar-refractivity contribution in [3.8, 4) is 22.3 Å². The highest BCUT2D eigenvalue weighted by Crippen LogP contribution is 2.46. The van der Waals surface area contributed by atoms with Crippen LogP contribution in [0.3, 0.4) is 0 Å². The number of fused-ring (bicyclic) bond motifs is 5. The Morgan fingerprint density at radius 2 is 0.895 bits per heavy atom. The maximum Gasteiger partial charge on any atom is -0.00199 e. The van der Waals surface area contributed by atoms with E-state index in [2.05, 4.69) is 141 Å². The van der Waals surface area contributed by atoms with Gasteiger partial charge in [-0.2, -0.15) is 0 Å². The zero-order chi connectivity index (χ0) is 25.9. The average molecular weight is 506 g/mol. The van der Waals surface area contributed by atoms with Crippen molar-refractivity contribution >= 4 is 55.4 Å². The third-order valence-corrected chi connectivity index (χ3v) is 9.36. The summed E-state index contributed by atoms with van der Waals surface area (Å²) in [6, 6.07) is 46.3. The van der Waals surface area contributed by atoms with Crippen LogP contribution in [0.2, 0.25) is 0 Å². The fourth-order valence-corrected chi connectivity index (χ4v) is 6.89. The second-order valence-electron chi connectivity index (χ2n) is 10.5. The van der Waals surface area contributed by atoms with Gasteiger partial charge in [0, 0.05) is 0 Å². The lowest BCUT2D eigenvalue weighted by atomic mass is 9.84. The zero-order valence-corrected chi connectivity index (χ0v) is 22.5. The molecule has 1 nitrogen and oxygen atoms in total. The van der Waals surface area contributed by atoms with E-state index in [1.54, 1.807) is 0 Å². The summed E-state index contributed by atoms with van der Waals surface area (Å²) in [5, 5.41) is 19.9. The maximum absolute atomic E-state index is 8.57. The summed E-state index contributed by atoms with van der Waals surface area (Å²) in [5.74, 6) is 0. The van der Waals surface area contributed by atoms with Crippen LogP contribution in [0.25, 0.3) is 65.3 Å². The van der Waals surface area contributed by atoms with Crippen LogP contribution in [0.5, 0.6) is 0 Å². The number of nitrogens with one attached hydrogen (secondary N) is 1. The Bertz CT molecular complexity index is 2010. The molecule has 7 aromatic carbocycles. The van der Waals surface area contributed by atoms with Gasteiger partial charge in [0.05, 0.1) is 0 Å². The van der Waals surface area contributed by atoms with Crippen molar-refractivity contribution in [1.29, 1.82) is 5.16 Å².